The molecular weight excluding hydrogens is 136 g/mol. The maximum Gasteiger partial charge on any atom is 0.253 e. The monoisotopic (exact) mass is 149 g/mol. The van der Waals surface area contributed by atoms with E-state index in [0.29, 0.717) is 6.42 Å². The van der Waals surface area contributed by atoms with Crippen LogP contribution in [0, 0.1) is 0 Å². The van der Waals surface area contributed by atoms with Crippen LogP contribution in [0.1, 0.15) is 19.8 Å². The maximum absolute atomic E-state index is 12.1. The van der Waals surface area contributed by atoms with Gasteiger partial charge in [0.2, 0.25) is 0 Å². The molecule has 1 heterocycles. The Morgan fingerprint density at radius 3 is 2.70 bits per heavy atom. The highest BCUT2D eigenvalue weighted by Crippen LogP contribution is 2.21. The number of likely N-dealkylation sites (tertiary alicyclic amines) is 1. The van der Waals surface area contributed by atoms with E-state index in [9.17, 15) is 8.78 Å². The fourth-order valence-electron chi connectivity index (χ4n) is 1.53. The van der Waals surface area contributed by atoms with E-state index in [4.69, 9.17) is 0 Å². The van der Waals surface area contributed by atoms with Crippen molar-refractivity contribution in [2.75, 3.05) is 13.1 Å². The van der Waals surface area contributed by atoms with Crippen molar-refractivity contribution < 1.29 is 8.78 Å². The first kappa shape index (κ1) is 7.92. The Morgan fingerprint density at radius 2 is 2.30 bits per heavy atom. The maximum atomic E-state index is 12.1. The van der Waals surface area contributed by atoms with Gasteiger partial charge in [-0.3, -0.25) is 4.90 Å². The molecule has 0 aromatic heterocycles. The lowest BCUT2D eigenvalue weighted by Gasteiger charge is -2.21. The summed E-state index contributed by atoms with van der Waals surface area (Å²) < 4.78 is 24.3. The molecule has 0 spiro atoms. The molecule has 0 bridgehead atoms. The summed E-state index contributed by atoms with van der Waals surface area (Å²) in [5, 5.41) is 0. The molecule has 1 rings (SSSR count). The molecule has 1 nitrogen and oxygen atoms in total. The third-order valence-corrected chi connectivity index (χ3v) is 2.11. The van der Waals surface area contributed by atoms with E-state index in [2.05, 4.69) is 0 Å². The number of hydrogen-bond donors (Lipinski definition) is 0. The number of rotatable bonds is 2. The molecule has 3 heteroatoms. The van der Waals surface area contributed by atoms with E-state index in [-0.39, 0.29) is 0 Å². The second-order valence-corrected chi connectivity index (χ2v) is 2.67. The molecule has 1 aliphatic heterocycles. The summed E-state index contributed by atoms with van der Waals surface area (Å²) in [4.78, 5) is 1.85. The van der Waals surface area contributed by atoms with E-state index in [1.165, 1.54) is 0 Å². The summed E-state index contributed by atoms with van der Waals surface area (Å²) in [5.74, 6) is 0. The Morgan fingerprint density at radius 1 is 1.60 bits per heavy atom. The Balaban J connectivity index is 2.42. The topological polar surface area (TPSA) is 3.24 Å². The second-order valence-electron chi connectivity index (χ2n) is 2.67. The van der Waals surface area contributed by atoms with Crippen molar-refractivity contribution in [2.45, 2.75) is 32.2 Å². The van der Waals surface area contributed by atoms with Crippen molar-refractivity contribution in [2.24, 2.45) is 0 Å². The van der Waals surface area contributed by atoms with Crippen LogP contribution in [0.5, 0.6) is 0 Å². The standard InChI is InChI=1S/C7H13F2N/c1-2-10-5-3-4-6(10)7(8)9/h6-7H,2-5H2,1H3. The molecule has 0 saturated carbocycles. The Hall–Kier alpha value is -0.180. The number of nitrogens with zero attached hydrogens (tertiary/aromatic N) is 1. The van der Waals surface area contributed by atoms with Gasteiger partial charge in [-0.05, 0) is 25.9 Å². The zero-order valence-corrected chi connectivity index (χ0v) is 6.19. The van der Waals surface area contributed by atoms with Gasteiger partial charge in [0.15, 0.2) is 0 Å². The van der Waals surface area contributed by atoms with Crippen LogP contribution in [-0.4, -0.2) is 30.5 Å². The van der Waals surface area contributed by atoms with Crippen molar-refractivity contribution in [3.63, 3.8) is 0 Å². The zero-order valence-electron chi connectivity index (χ0n) is 6.19. The van der Waals surface area contributed by atoms with Crippen molar-refractivity contribution in [3.8, 4) is 0 Å². The van der Waals surface area contributed by atoms with Crippen molar-refractivity contribution >= 4 is 0 Å². The van der Waals surface area contributed by atoms with E-state index in [0.717, 1.165) is 19.5 Å². The summed E-state index contributed by atoms with van der Waals surface area (Å²) in [7, 11) is 0. The lowest BCUT2D eigenvalue weighted by atomic mass is 10.2. The van der Waals surface area contributed by atoms with Crippen LogP contribution in [0.25, 0.3) is 0 Å². The lowest BCUT2D eigenvalue weighted by Crippen LogP contribution is -2.34. The third kappa shape index (κ3) is 1.45. The summed E-state index contributed by atoms with van der Waals surface area (Å²) in [6.07, 6.45) is -0.545. The normalized spacial score (nSPS) is 28.2. The summed E-state index contributed by atoms with van der Waals surface area (Å²) in [6.45, 7) is 3.54. The molecule has 60 valence electrons. The molecule has 0 aromatic carbocycles. The minimum absolute atomic E-state index is 0.454. The van der Waals surface area contributed by atoms with Crippen molar-refractivity contribution in [1.29, 1.82) is 0 Å². The van der Waals surface area contributed by atoms with Gasteiger partial charge in [0.25, 0.3) is 6.43 Å². The Kier molecular flexibility index (Phi) is 2.60. The predicted octanol–water partition coefficient (Wildman–Crippen LogP) is 1.74. The molecule has 0 aromatic rings. The molecule has 10 heavy (non-hydrogen) atoms. The van der Waals surface area contributed by atoms with Crippen LogP contribution in [0.2, 0.25) is 0 Å². The molecule has 1 aliphatic rings. The van der Waals surface area contributed by atoms with Crippen LogP contribution >= 0.6 is 0 Å². The van der Waals surface area contributed by atoms with Gasteiger partial charge in [0.05, 0.1) is 6.04 Å². The molecular formula is C7H13F2N. The molecule has 0 N–H and O–H groups in total. The van der Waals surface area contributed by atoms with Gasteiger partial charge in [-0.15, -0.1) is 0 Å². The van der Waals surface area contributed by atoms with E-state index in [1.807, 2.05) is 11.8 Å². The number of alkyl halides is 2. The molecule has 0 aliphatic carbocycles. The molecule has 1 fully saturated rings. The largest absolute Gasteiger partial charge is 0.295 e. The van der Waals surface area contributed by atoms with Crippen LogP contribution in [0.15, 0.2) is 0 Å². The summed E-state index contributed by atoms with van der Waals surface area (Å²) in [5.41, 5.74) is 0. The average molecular weight is 149 g/mol. The summed E-state index contributed by atoms with van der Waals surface area (Å²) in [6, 6.07) is -0.454. The van der Waals surface area contributed by atoms with Crippen LogP contribution in [0.3, 0.4) is 0 Å². The molecule has 1 unspecified atom stereocenters. The predicted molar refractivity (Wildman–Crippen MR) is 36.3 cm³/mol. The second kappa shape index (κ2) is 3.28. The van der Waals surface area contributed by atoms with E-state index < -0.39 is 12.5 Å². The molecule has 0 radical (unpaired) electrons. The van der Waals surface area contributed by atoms with Crippen LogP contribution in [0.4, 0.5) is 8.78 Å². The van der Waals surface area contributed by atoms with Crippen molar-refractivity contribution in [3.05, 3.63) is 0 Å². The van der Waals surface area contributed by atoms with Gasteiger partial charge in [0.1, 0.15) is 0 Å². The average Bonchev–Trinajstić information content (AvgIpc) is 2.33. The first-order chi connectivity index (χ1) is 4.75. The molecule has 0 amide bonds. The van der Waals surface area contributed by atoms with Gasteiger partial charge in [0, 0.05) is 0 Å². The Bertz CT molecular complexity index is 106. The zero-order chi connectivity index (χ0) is 7.56. The number of halogens is 2. The lowest BCUT2D eigenvalue weighted by molar-refractivity contribution is 0.0499. The van der Waals surface area contributed by atoms with Gasteiger partial charge in [-0.2, -0.15) is 0 Å². The molecule has 1 saturated heterocycles. The van der Waals surface area contributed by atoms with E-state index >= 15 is 0 Å². The smallest absolute Gasteiger partial charge is 0.253 e. The van der Waals surface area contributed by atoms with Gasteiger partial charge >= 0.3 is 0 Å². The van der Waals surface area contributed by atoms with Gasteiger partial charge in [-0.25, -0.2) is 8.78 Å². The van der Waals surface area contributed by atoms with Crippen molar-refractivity contribution in [1.82, 2.24) is 4.90 Å². The number of hydrogen-bond acceptors (Lipinski definition) is 1. The SMILES string of the molecule is CCN1CCCC1C(F)F. The highest BCUT2D eigenvalue weighted by atomic mass is 19.3. The first-order valence-electron chi connectivity index (χ1n) is 3.78. The quantitative estimate of drug-likeness (QED) is 0.578. The fourth-order valence-corrected chi connectivity index (χ4v) is 1.53. The highest BCUT2D eigenvalue weighted by Gasteiger charge is 2.30. The van der Waals surface area contributed by atoms with E-state index in [1.54, 1.807) is 0 Å². The minimum atomic E-state index is -2.15. The third-order valence-electron chi connectivity index (χ3n) is 2.11. The van der Waals surface area contributed by atoms with Crippen LogP contribution < -0.4 is 0 Å². The Labute approximate surface area is 60.0 Å². The highest BCUT2D eigenvalue weighted by molar-refractivity contribution is 4.79. The van der Waals surface area contributed by atoms with Crippen LogP contribution in [-0.2, 0) is 0 Å². The van der Waals surface area contributed by atoms with Gasteiger partial charge in [-0.1, -0.05) is 6.92 Å². The summed E-state index contributed by atoms with van der Waals surface area (Å²) >= 11 is 0. The first-order valence-corrected chi connectivity index (χ1v) is 3.78. The fraction of sp³-hybridized carbons (Fsp3) is 1.00. The molecule has 1 atom stereocenters. The minimum Gasteiger partial charge on any atom is -0.295 e. The van der Waals surface area contributed by atoms with Gasteiger partial charge < -0.3 is 0 Å².